The molecule has 0 aliphatic rings. The molecule has 0 aliphatic carbocycles. The van der Waals surface area contributed by atoms with Crippen molar-refractivity contribution in [1.82, 2.24) is 0 Å². The van der Waals surface area contributed by atoms with Gasteiger partial charge in [0.1, 0.15) is 0 Å². The van der Waals surface area contributed by atoms with Crippen LogP contribution in [0.15, 0.2) is 0 Å². The van der Waals surface area contributed by atoms with Crippen molar-refractivity contribution in [3.8, 4) is 0 Å². The molecular weight excluding hydrogens is 320 g/mol. The monoisotopic (exact) mass is 368 g/mol. The molecular formula is C24H48O2. The molecule has 0 saturated carbocycles. The Hall–Kier alpha value is -0.530. The van der Waals surface area contributed by atoms with Crippen LogP contribution < -0.4 is 0 Å². The normalized spacial score (nSPS) is 12.3. The van der Waals surface area contributed by atoms with Gasteiger partial charge in [0.05, 0.1) is 12.5 Å². The third kappa shape index (κ3) is 18.3. The highest BCUT2D eigenvalue weighted by atomic mass is 16.5. The topological polar surface area (TPSA) is 26.3 Å². The second-order valence-corrected chi connectivity index (χ2v) is 8.16. The average molecular weight is 369 g/mol. The summed E-state index contributed by atoms with van der Waals surface area (Å²) in [6.45, 7) is 7.05. The van der Waals surface area contributed by atoms with Crippen molar-refractivity contribution < 1.29 is 9.53 Å². The highest BCUT2D eigenvalue weighted by Gasteiger charge is 2.12. The highest BCUT2D eigenvalue weighted by Crippen LogP contribution is 2.14. The van der Waals surface area contributed by atoms with Crippen molar-refractivity contribution in [2.45, 2.75) is 136 Å². The number of carbonyl (C=O) groups is 1. The van der Waals surface area contributed by atoms with Crippen LogP contribution in [0.3, 0.4) is 0 Å². The molecule has 0 aromatic rings. The molecule has 2 heteroatoms. The molecule has 156 valence electrons. The maximum Gasteiger partial charge on any atom is 0.308 e. The lowest BCUT2D eigenvalue weighted by Crippen LogP contribution is -2.15. The van der Waals surface area contributed by atoms with Crippen LogP contribution >= 0.6 is 0 Å². The smallest absolute Gasteiger partial charge is 0.308 e. The van der Waals surface area contributed by atoms with Crippen LogP contribution in [0.25, 0.3) is 0 Å². The molecule has 26 heavy (non-hydrogen) atoms. The average Bonchev–Trinajstić information content (AvgIpc) is 2.65. The molecule has 0 aromatic heterocycles. The SMILES string of the molecule is CCCCCCCCCCCCCCCCCOC(=O)C(C)CCCC. The fraction of sp³-hybridized carbons (Fsp3) is 0.958. The van der Waals surface area contributed by atoms with E-state index in [0.717, 1.165) is 25.7 Å². The first-order chi connectivity index (χ1) is 12.7. The molecule has 0 saturated heterocycles. The predicted octanol–water partition coefficient (Wildman–Crippen LogP) is 8.23. The summed E-state index contributed by atoms with van der Waals surface area (Å²) < 4.78 is 5.38. The molecule has 0 aliphatic heterocycles. The summed E-state index contributed by atoms with van der Waals surface area (Å²) >= 11 is 0. The van der Waals surface area contributed by atoms with Crippen molar-refractivity contribution in [1.29, 1.82) is 0 Å². The van der Waals surface area contributed by atoms with Crippen molar-refractivity contribution in [2.24, 2.45) is 5.92 Å². The number of ether oxygens (including phenoxy) is 1. The predicted molar refractivity (Wildman–Crippen MR) is 115 cm³/mol. The van der Waals surface area contributed by atoms with Gasteiger partial charge in [0.2, 0.25) is 0 Å². The zero-order chi connectivity index (χ0) is 19.3. The van der Waals surface area contributed by atoms with Gasteiger partial charge >= 0.3 is 5.97 Å². The lowest BCUT2D eigenvalue weighted by molar-refractivity contribution is -0.148. The third-order valence-corrected chi connectivity index (χ3v) is 5.39. The van der Waals surface area contributed by atoms with Crippen molar-refractivity contribution in [3.05, 3.63) is 0 Å². The fourth-order valence-corrected chi connectivity index (χ4v) is 3.42. The van der Waals surface area contributed by atoms with Crippen molar-refractivity contribution in [2.75, 3.05) is 6.61 Å². The number of hydrogen-bond acceptors (Lipinski definition) is 2. The van der Waals surface area contributed by atoms with Crippen LogP contribution in [0.2, 0.25) is 0 Å². The minimum Gasteiger partial charge on any atom is -0.465 e. The number of unbranched alkanes of at least 4 members (excludes halogenated alkanes) is 15. The summed E-state index contributed by atoms with van der Waals surface area (Å²) in [5.74, 6) is 0.0788. The van der Waals surface area contributed by atoms with Crippen LogP contribution in [0.4, 0.5) is 0 Å². The van der Waals surface area contributed by atoms with E-state index in [-0.39, 0.29) is 11.9 Å². The minimum atomic E-state index is 0.00353. The van der Waals surface area contributed by atoms with Gasteiger partial charge in [-0.05, 0) is 12.8 Å². The van der Waals surface area contributed by atoms with Gasteiger partial charge in [-0.15, -0.1) is 0 Å². The third-order valence-electron chi connectivity index (χ3n) is 5.39. The summed E-state index contributed by atoms with van der Waals surface area (Å²) in [6.07, 6.45) is 23.7. The molecule has 0 N–H and O–H groups in total. The van der Waals surface area contributed by atoms with Crippen LogP contribution in [0.1, 0.15) is 136 Å². The quantitative estimate of drug-likeness (QED) is 0.160. The number of esters is 1. The Kier molecular flexibility index (Phi) is 20.4. The number of carbonyl (C=O) groups excluding carboxylic acids is 1. The van der Waals surface area contributed by atoms with E-state index in [4.69, 9.17) is 4.74 Å². The zero-order valence-electron chi connectivity index (χ0n) is 18.3. The second kappa shape index (κ2) is 20.8. The van der Waals surface area contributed by atoms with E-state index in [1.54, 1.807) is 0 Å². The fourth-order valence-electron chi connectivity index (χ4n) is 3.42. The summed E-state index contributed by atoms with van der Waals surface area (Å²) in [4.78, 5) is 11.8. The number of rotatable bonds is 20. The van der Waals surface area contributed by atoms with Crippen molar-refractivity contribution >= 4 is 5.97 Å². The largest absolute Gasteiger partial charge is 0.465 e. The van der Waals surface area contributed by atoms with Gasteiger partial charge in [-0.2, -0.15) is 0 Å². The first-order valence-corrected chi connectivity index (χ1v) is 11.9. The Balaban J connectivity index is 3.16. The lowest BCUT2D eigenvalue weighted by Gasteiger charge is -2.10. The van der Waals surface area contributed by atoms with Gasteiger partial charge in [-0.1, -0.05) is 124 Å². The Bertz CT molecular complexity index is 288. The number of hydrogen-bond donors (Lipinski definition) is 0. The van der Waals surface area contributed by atoms with Crippen LogP contribution in [0.5, 0.6) is 0 Å². The standard InChI is InChI=1S/C24H48O2/c1-4-6-8-9-10-11-12-13-14-15-16-17-18-19-20-22-26-24(25)23(3)21-7-5-2/h23H,4-22H2,1-3H3. The molecule has 1 atom stereocenters. The Morgan fingerprint density at radius 3 is 1.42 bits per heavy atom. The Labute approximate surface area is 164 Å². The molecule has 0 amide bonds. The van der Waals surface area contributed by atoms with Crippen LogP contribution in [0, 0.1) is 5.92 Å². The Morgan fingerprint density at radius 1 is 0.615 bits per heavy atom. The summed E-state index contributed by atoms with van der Waals surface area (Å²) in [5, 5.41) is 0. The van der Waals surface area contributed by atoms with Crippen molar-refractivity contribution in [3.63, 3.8) is 0 Å². The van der Waals surface area contributed by atoms with Gasteiger partial charge in [0.25, 0.3) is 0 Å². The first-order valence-electron chi connectivity index (χ1n) is 11.9. The first kappa shape index (κ1) is 25.5. The van der Waals surface area contributed by atoms with Crippen LogP contribution in [-0.2, 0) is 9.53 Å². The van der Waals surface area contributed by atoms with Gasteiger partial charge in [-0.3, -0.25) is 4.79 Å². The van der Waals surface area contributed by atoms with Gasteiger partial charge in [-0.25, -0.2) is 0 Å². The highest BCUT2D eigenvalue weighted by molar-refractivity contribution is 5.71. The van der Waals surface area contributed by atoms with Gasteiger partial charge in [0, 0.05) is 0 Å². The van der Waals surface area contributed by atoms with Gasteiger partial charge < -0.3 is 4.74 Å². The molecule has 0 spiro atoms. The molecule has 0 radical (unpaired) electrons. The van der Waals surface area contributed by atoms with Gasteiger partial charge in [0.15, 0.2) is 0 Å². The second-order valence-electron chi connectivity index (χ2n) is 8.16. The molecule has 0 aromatic carbocycles. The minimum absolute atomic E-state index is 0.00353. The molecule has 1 unspecified atom stereocenters. The lowest BCUT2D eigenvalue weighted by atomic mass is 10.0. The van der Waals surface area contributed by atoms with E-state index in [9.17, 15) is 4.79 Å². The molecule has 0 bridgehead atoms. The molecule has 0 rings (SSSR count). The van der Waals surface area contributed by atoms with E-state index in [1.165, 1.54) is 89.9 Å². The van der Waals surface area contributed by atoms with E-state index >= 15 is 0 Å². The summed E-state index contributed by atoms with van der Waals surface area (Å²) in [7, 11) is 0. The molecule has 0 heterocycles. The maximum absolute atomic E-state index is 11.8. The molecule has 0 fully saturated rings. The molecule has 2 nitrogen and oxygen atoms in total. The van der Waals surface area contributed by atoms with E-state index in [1.807, 2.05) is 6.92 Å². The van der Waals surface area contributed by atoms with E-state index in [0.29, 0.717) is 6.61 Å². The van der Waals surface area contributed by atoms with Crippen LogP contribution in [-0.4, -0.2) is 12.6 Å². The summed E-state index contributed by atoms with van der Waals surface area (Å²) in [5.41, 5.74) is 0. The summed E-state index contributed by atoms with van der Waals surface area (Å²) in [6, 6.07) is 0. The van der Waals surface area contributed by atoms with E-state index in [2.05, 4.69) is 13.8 Å². The van der Waals surface area contributed by atoms with E-state index < -0.39 is 0 Å². The Morgan fingerprint density at radius 2 is 1.00 bits per heavy atom. The maximum atomic E-state index is 11.8. The zero-order valence-corrected chi connectivity index (χ0v) is 18.3.